The highest BCUT2D eigenvalue weighted by atomic mass is 35.5. The Labute approximate surface area is 182 Å². The van der Waals surface area contributed by atoms with Crippen molar-refractivity contribution in [2.75, 3.05) is 12.9 Å². The lowest BCUT2D eigenvalue weighted by Gasteiger charge is -2.23. The molecule has 1 fully saturated rings. The van der Waals surface area contributed by atoms with Crippen molar-refractivity contribution >= 4 is 40.7 Å². The fourth-order valence-corrected chi connectivity index (χ4v) is 6.51. The van der Waals surface area contributed by atoms with Gasteiger partial charge in [0.2, 0.25) is 0 Å². The standard InChI is InChI=1S/C21H23ClF2O3S2/c1-27-21(26)20-6-5-14(29-20)3-2-4-16-17(19(25)10-18(16)22)11-28-15-8-12(23)7-13(24)9-15/h5-9,16-19,25H,2-4,10-11H2,1H3/t16?,17-,18-,19-/m1/s1. The van der Waals surface area contributed by atoms with Crippen LogP contribution in [0.4, 0.5) is 8.78 Å². The number of thiophene rings is 1. The van der Waals surface area contributed by atoms with Crippen molar-refractivity contribution in [3.63, 3.8) is 0 Å². The second-order valence-corrected chi connectivity index (χ2v) is 10.0. The summed E-state index contributed by atoms with van der Waals surface area (Å²) in [6, 6.07) is 7.16. The summed E-state index contributed by atoms with van der Waals surface area (Å²) in [6.45, 7) is 0. The van der Waals surface area contributed by atoms with Crippen LogP contribution in [0.25, 0.3) is 0 Å². The Morgan fingerprint density at radius 1 is 1.28 bits per heavy atom. The molecule has 29 heavy (non-hydrogen) atoms. The number of alkyl halides is 1. The Morgan fingerprint density at radius 2 is 2.00 bits per heavy atom. The van der Waals surface area contributed by atoms with E-state index >= 15 is 0 Å². The lowest BCUT2D eigenvalue weighted by atomic mass is 9.91. The number of thioether (sulfide) groups is 1. The number of ether oxygens (including phenoxy) is 1. The van der Waals surface area contributed by atoms with Gasteiger partial charge in [-0.2, -0.15) is 0 Å². The number of aliphatic hydroxyl groups excluding tert-OH is 1. The number of halogens is 3. The number of benzene rings is 1. The summed E-state index contributed by atoms with van der Waals surface area (Å²) < 4.78 is 31.5. The molecule has 1 aromatic carbocycles. The molecule has 2 aromatic rings. The summed E-state index contributed by atoms with van der Waals surface area (Å²) in [5.74, 6) is -0.863. The molecule has 1 aliphatic rings. The van der Waals surface area contributed by atoms with E-state index in [2.05, 4.69) is 0 Å². The van der Waals surface area contributed by atoms with Crippen molar-refractivity contribution in [2.24, 2.45) is 11.8 Å². The first-order valence-corrected chi connectivity index (χ1v) is 11.7. The second-order valence-electron chi connectivity index (χ2n) is 7.21. The minimum Gasteiger partial charge on any atom is -0.465 e. The molecule has 3 rings (SSSR count). The molecule has 8 heteroatoms. The molecule has 4 atom stereocenters. The van der Waals surface area contributed by atoms with Gasteiger partial charge in [0.1, 0.15) is 16.5 Å². The molecule has 0 amide bonds. The molecular weight excluding hydrogens is 438 g/mol. The van der Waals surface area contributed by atoms with Crippen LogP contribution in [-0.2, 0) is 11.2 Å². The maximum Gasteiger partial charge on any atom is 0.348 e. The van der Waals surface area contributed by atoms with Gasteiger partial charge in [0, 0.05) is 27.0 Å². The number of esters is 1. The maximum atomic E-state index is 13.4. The monoisotopic (exact) mass is 460 g/mol. The van der Waals surface area contributed by atoms with Crippen molar-refractivity contribution in [2.45, 2.75) is 42.1 Å². The Hall–Kier alpha value is -1.15. The Kier molecular flexibility index (Phi) is 7.96. The number of aliphatic hydroxyl groups is 1. The van der Waals surface area contributed by atoms with E-state index in [0.717, 1.165) is 30.2 Å². The molecule has 0 spiro atoms. The van der Waals surface area contributed by atoms with Gasteiger partial charge in [0.15, 0.2) is 0 Å². The first-order valence-electron chi connectivity index (χ1n) is 9.45. The largest absolute Gasteiger partial charge is 0.465 e. The molecule has 0 radical (unpaired) electrons. The molecule has 1 N–H and O–H groups in total. The highest BCUT2D eigenvalue weighted by Gasteiger charge is 2.40. The average molecular weight is 461 g/mol. The summed E-state index contributed by atoms with van der Waals surface area (Å²) in [7, 11) is 1.37. The predicted octanol–water partition coefficient (Wildman–Crippen LogP) is 5.53. The van der Waals surface area contributed by atoms with Crippen molar-refractivity contribution in [1.29, 1.82) is 0 Å². The molecule has 3 nitrogen and oxygen atoms in total. The van der Waals surface area contributed by atoms with Crippen LogP contribution in [0, 0.1) is 23.5 Å². The second kappa shape index (κ2) is 10.2. The molecule has 0 saturated heterocycles. The predicted molar refractivity (Wildman–Crippen MR) is 113 cm³/mol. The smallest absolute Gasteiger partial charge is 0.348 e. The van der Waals surface area contributed by atoms with Gasteiger partial charge in [0.05, 0.1) is 13.2 Å². The van der Waals surface area contributed by atoms with Crippen LogP contribution in [0.3, 0.4) is 0 Å². The minimum absolute atomic E-state index is 0.0252. The number of hydrogen-bond donors (Lipinski definition) is 1. The third-order valence-corrected chi connectivity index (χ3v) is 8.01. The zero-order chi connectivity index (χ0) is 21.0. The highest BCUT2D eigenvalue weighted by Crippen LogP contribution is 2.42. The first kappa shape index (κ1) is 22.5. The van der Waals surface area contributed by atoms with Crippen molar-refractivity contribution in [1.82, 2.24) is 0 Å². The zero-order valence-corrected chi connectivity index (χ0v) is 18.3. The van der Waals surface area contributed by atoms with Crippen LogP contribution < -0.4 is 0 Å². The van der Waals surface area contributed by atoms with E-state index in [0.29, 0.717) is 21.9 Å². The van der Waals surface area contributed by atoms with Crippen LogP contribution in [0.1, 0.15) is 33.8 Å². The normalized spacial score (nSPS) is 24.0. The minimum atomic E-state index is -0.603. The van der Waals surface area contributed by atoms with Gasteiger partial charge in [0.25, 0.3) is 0 Å². The van der Waals surface area contributed by atoms with Gasteiger partial charge >= 0.3 is 5.97 Å². The Balaban J connectivity index is 1.55. The number of aryl methyl sites for hydroxylation is 1. The summed E-state index contributed by atoms with van der Waals surface area (Å²) in [4.78, 5) is 13.8. The molecule has 1 heterocycles. The fourth-order valence-electron chi connectivity index (χ4n) is 3.80. The lowest BCUT2D eigenvalue weighted by Crippen LogP contribution is -2.23. The van der Waals surface area contributed by atoms with Gasteiger partial charge in [-0.25, -0.2) is 13.6 Å². The quantitative estimate of drug-likeness (QED) is 0.319. The average Bonchev–Trinajstić information content (AvgIpc) is 3.23. The third kappa shape index (κ3) is 5.94. The number of hydrogen-bond acceptors (Lipinski definition) is 5. The summed E-state index contributed by atoms with van der Waals surface area (Å²) in [5, 5.41) is 10.3. The SMILES string of the molecule is COC(=O)c1ccc(CCCC2[C@H](Cl)C[C@@H](O)[C@@H]2CSc2cc(F)cc(F)c2)s1. The van der Waals surface area contributed by atoms with Gasteiger partial charge in [-0.15, -0.1) is 34.7 Å². The summed E-state index contributed by atoms with van der Waals surface area (Å²) in [5.41, 5.74) is 0. The van der Waals surface area contributed by atoms with Crippen LogP contribution >= 0.6 is 34.7 Å². The number of carbonyl (C=O) groups excluding carboxylic acids is 1. The van der Waals surface area contributed by atoms with E-state index in [1.54, 1.807) is 6.07 Å². The van der Waals surface area contributed by atoms with Crippen molar-refractivity contribution < 1.29 is 23.4 Å². The van der Waals surface area contributed by atoms with Crippen LogP contribution in [-0.4, -0.2) is 35.4 Å². The van der Waals surface area contributed by atoms with Crippen LogP contribution in [0.15, 0.2) is 35.2 Å². The highest BCUT2D eigenvalue weighted by molar-refractivity contribution is 7.99. The lowest BCUT2D eigenvalue weighted by molar-refractivity contribution is 0.0606. The molecule has 0 aliphatic heterocycles. The number of rotatable bonds is 8. The Morgan fingerprint density at radius 3 is 2.69 bits per heavy atom. The fraction of sp³-hybridized carbons (Fsp3) is 0.476. The molecule has 1 unspecified atom stereocenters. The molecule has 1 aliphatic carbocycles. The van der Waals surface area contributed by atoms with E-state index in [9.17, 15) is 18.7 Å². The zero-order valence-electron chi connectivity index (χ0n) is 15.9. The number of carbonyl (C=O) groups is 1. The third-order valence-electron chi connectivity index (χ3n) is 5.26. The number of methoxy groups -OCH3 is 1. The van der Waals surface area contributed by atoms with E-state index < -0.39 is 17.7 Å². The summed E-state index contributed by atoms with van der Waals surface area (Å²) >= 11 is 9.27. The van der Waals surface area contributed by atoms with E-state index in [-0.39, 0.29) is 23.2 Å². The van der Waals surface area contributed by atoms with Crippen LogP contribution in [0.2, 0.25) is 0 Å². The van der Waals surface area contributed by atoms with Gasteiger partial charge < -0.3 is 9.84 Å². The molecule has 1 saturated carbocycles. The summed E-state index contributed by atoms with van der Waals surface area (Å²) in [6.07, 6.45) is 2.57. The topological polar surface area (TPSA) is 46.5 Å². The molecular formula is C21H23ClF2O3S2. The van der Waals surface area contributed by atoms with E-state index in [4.69, 9.17) is 16.3 Å². The van der Waals surface area contributed by atoms with Crippen molar-refractivity contribution in [3.8, 4) is 0 Å². The van der Waals surface area contributed by atoms with E-state index in [1.807, 2.05) is 6.07 Å². The van der Waals surface area contributed by atoms with Gasteiger partial charge in [-0.3, -0.25) is 0 Å². The van der Waals surface area contributed by atoms with Crippen molar-refractivity contribution in [3.05, 3.63) is 51.7 Å². The molecule has 0 bridgehead atoms. The van der Waals surface area contributed by atoms with Crippen LogP contribution in [0.5, 0.6) is 0 Å². The maximum absolute atomic E-state index is 13.4. The van der Waals surface area contributed by atoms with E-state index in [1.165, 1.54) is 42.3 Å². The molecule has 158 valence electrons. The Bertz CT molecular complexity index is 825. The van der Waals surface area contributed by atoms with Gasteiger partial charge in [-0.1, -0.05) is 0 Å². The van der Waals surface area contributed by atoms with Gasteiger partial charge in [-0.05, 0) is 61.8 Å². The molecule has 1 aromatic heterocycles. The first-order chi connectivity index (χ1) is 13.9.